The van der Waals surface area contributed by atoms with Crippen molar-refractivity contribution in [3.05, 3.63) is 35.7 Å². The van der Waals surface area contributed by atoms with Gasteiger partial charge in [-0.05, 0) is 31.0 Å². The average Bonchev–Trinajstić information content (AvgIpc) is 2.96. The Hall–Kier alpha value is -2.68. The van der Waals surface area contributed by atoms with Gasteiger partial charge in [0.2, 0.25) is 0 Å². The molecule has 2 atom stereocenters. The fourth-order valence-corrected chi connectivity index (χ4v) is 3.90. The summed E-state index contributed by atoms with van der Waals surface area (Å²) in [6.45, 7) is 2.83. The second kappa shape index (κ2) is 5.19. The van der Waals surface area contributed by atoms with Crippen molar-refractivity contribution in [3.63, 3.8) is 0 Å². The molecule has 2 aromatic heterocycles. The topological polar surface area (TPSA) is 73.1 Å². The molecule has 6 nitrogen and oxygen atoms in total. The van der Waals surface area contributed by atoms with Crippen LogP contribution in [0.15, 0.2) is 24.5 Å². The van der Waals surface area contributed by atoms with Gasteiger partial charge in [0.25, 0.3) is 0 Å². The minimum absolute atomic E-state index is 0.116. The van der Waals surface area contributed by atoms with Crippen LogP contribution in [0.2, 0.25) is 0 Å². The molecule has 0 bridgehead atoms. The van der Waals surface area contributed by atoms with Crippen LogP contribution in [-0.2, 0) is 16.5 Å². The molecule has 0 amide bonds. The fraction of sp³-hybridized carbons (Fsp3) is 0.389. The average molecular weight is 376 g/mol. The smallest absolute Gasteiger partial charge is 0.416 e. The largest absolute Gasteiger partial charge is 0.507 e. The van der Waals surface area contributed by atoms with Gasteiger partial charge in [-0.15, -0.1) is 5.10 Å². The number of hydrogen-bond acceptors (Lipinski definition) is 5. The second-order valence-corrected chi connectivity index (χ2v) is 7.24. The molecule has 3 heterocycles. The van der Waals surface area contributed by atoms with Crippen molar-refractivity contribution in [3.8, 4) is 17.0 Å². The third-order valence-electron chi connectivity index (χ3n) is 5.45. The number of benzene rings is 1. The van der Waals surface area contributed by atoms with E-state index in [1.807, 2.05) is 10.9 Å². The molecule has 27 heavy (non-hydrogen) atoms. The molecular formula is C18H15F3N4O2. The Labute approximate surface area is 151 Å². The minimum atomic E-state index is -4.53. The van der Waals surface area contributed by atoms with E-state index in [0.29, 0.717) is 29.8 Å². The summed E-state index contributed by atoms with van der Waals surface area (Å²) in [5.74, 6) is -0.0343. The lowest BCUT2D eigenvalue weighted by atomic mass is 10.0. The van der Waals surface area contributed by atoms with Gasteiger partial charge in [-0.25, -0.2) is 9.97 Å². The molecule has 0 unspecified atom stereocenters. The van der Waals surface area contributed by atoms with Gasteiger partial charge in [-0.1, -0.05) is 0 Å². The van der Waals surface area contributed by atoms with E-state index < -0.39 is 17.5 Å². The minimum Gasteiger partial charge on any atom is -0.507 e. The first-order valence-corrected chi connectivity index (χ1v) is 8.50. The second-order valence-electron chi connectivity index (χ2n) is 7.24. The maximum Gasteiger partial charge on any atom is 0.416 e. The van der Waals surface area contributed by atoms with E-state index in [0.717, 1.165) is 19.1 Å². The predicted molar refractivity (Wildman–Crippen MR) is 89.1 cm³/mol. The Morgan fingerprint density at radius 2 is 2.15 bits per heavy atom. The molecule has 1 saturated heterocycles. The SMILES string of the molecule is Cc1cc(C(F)(F)F)cc(O)c1-c1cnc2cn([C@@]34COC[C@@H]3C4)nc2n1. The standard InChI is InChI=1S/C18H15F3N4O2/c1-9-2-10(18(19,20)21)3-14(26)15(9)12-5-22-13-6-25(24-16(13)23-12)17-4-11(17)7-27-8-17/h2-3,5-6,11,26H,4,7-8H2,1H3/t11-,17-/m0/s1. The molecule has 9 heteroatoms. The molecule has 0 radical (unpaired) electrons. The molecule has 1 aliphatic heterocycles. The Morgan fingerprint density at radius 3 is 2.78 bits per heavy atom. The molecule has 1 aliphatic carbocycles. The summed E-state index contributed by atoms with van der Waals surface area (Å²) in [6, 6.07) is 1.69. The zero-order valence-electron chi connectivity index (χ0n) is 14.3. The number of aromatic nitrogens is 4. The van der Waals surface area contributed by atoms with Crippen LogP contribution >= 0.6 is 0 Å². The van der Waals surface area contributed by atoms with Crippen LogP contribution in [-0.4, -0.2) is 38.1 Å². The van der Waals surface area contributed by atoms with Crippen LogP contribution in [0.1, 0.15) is 17.5 Å². The number of aromatic hydroxyl groups is 1. The predicted octanol–water partition coefficient (Wildman–Crippen LogP) is 3.27. The first-order valence-electron chi connectivity index (χ1n) is 8.50. The summed E-state index contributed by atoms with van der Waals surface area (Å²) in [4.78, 5) is 8.76. The molecule has 0 spiro atoms. The number of rotatable bonds is 2. The number of ether oxygens (including phenoxy) is 1. The van der Waals surface area contributed by atoms with Gasteiger partial charge in [-0.2, -0.15) is 13.2 Å². The molecule has 2 aliphatic rings. The lowest BCUT2D eigenvalue weighted by Crippen LogP contribution is -2.21. The Kier molecular flexibility index (Phi) is 3.17. The Morgan fingerprint density at radius 1 is 1.33 bits per heavy atom. The summed E-state index contributed by atoms with van der Waals surface area (Å²) in [6.07, 6.45) is -0.261. The molecule has 5 rings (SSSR count). The lowest BCUT2D eigenvalue weighted by Gasteiger charge is -2.12. The Bertz CT molecular complexity index is 1060. The number of alkyl halides is 3. The monoisotopic (exact) mass is 376 g/mol. The van der Waals surface area contributed by atoms with Crippen molar-refractivity contribution >= 4 is 11.2 Å². The van der Waals surface area contributed by atoms with Crippen LogP contribution in [0.3, 0.4) is 0 Å². The fourth-order valence-electron chi connectivity index (χ4n) is 3.90. The van der Waals surface area contributed by atoms with Crippen LogP contribution in [0, 0.1) is 12.8 Å². The van der Waals surface area contributed by atoms with Crippen molar-refractivity contribution in [2.45, 2.75) is 25.1 Å². The zero-order chi connectivity index (χ0) is 19.0. The highest BCUT2D eigenvalue weighted by molar-refractivity contribution is 5.77. The molecule has 140 valence electrons. The summed E-state index contributed by atoms with van der Waals surface area (Å²) in [5, 5.41) is 14.7. The van der Waals surface area contributed by atoms with Crippen molar-refractivity contribution < 1.29 is 23.0 Å². The van der Waals surface area contributed by atoms with Crippen molar-refractivity contribution in [2.75, 3.05) is 13.2 Å². The first-order chi connectivity index (χ1) is 12.8. The van der Waals surface area contributed by atoms with Gasteiger partial charge < -0.3 is 9.84 Å². The maximum atomic E-state index is 12.9. The summed E-state index contributed by atoms with van der Waals surface area (Å²) < 4.78 is 46.1. The molecule has 1 saturated carbocycles. The molecule has 3 aromatic rings. The summed E-state index contributed by atoms with van der Waals surface area (Å²) in [5.41, 5.74) is 0.727. The van der Waals surface area contributed by atoms with Crippen LogP contribution < -0.4 is 0 Å². The van der Waals surface area contributed by atoms with Gasteiger partial charge in [0.05, 0.1) is 42.4 Å². The maximum absolute atomic E-state index is 12.9. The van der Waals surface area contributed by atoms with E-state index in [1.54, 1.807) is 0 Å². The zero-order valence-corrected chi connectivity index (χ0v) is 14.3. The first kappa shape index (κ1) is 16.5. The van der Waals surface area contributed by atoms with Gasteiger partial charge in [0.1, 0.15) is 11.3 Å². The lowest BCUT2D eigenvalue weighted by molar-refractivity contribution is -0.137. The van der Waals surface area contributed by atoms with Crippen molar-refractivity contribution in [1.82, 2.24) is 19.7 Å². The number of nitrogens with zero attached hydrogens (tertiary/aromatic N) is 4. The van der Waals surface area contributed by atoms with Crippen molar-refractivity contribution in [2.24, 2.45) is 5.92 Å². The Balaban J connectivity index is 1.58. The van der Waals surface area contributed by atoms with E-state index in [4.69, 9.17) is 4.74 Å². The van der Waals surface area contributed by atoms with Crippen molar-refractivity contribution in [1.29, 1.82) is 0 Å². The van der Waals surface area contributed by atoms with Gasteiger partial charge in [0, 0.05) is 11.5 Å². The third kappa shape index (κ3) is 2.41. The summed E-state index contributed by atoms with van der Waals surface area (Å²) in [7, 11) is 0. The number of hydrogen-bond donors (Lipinski definition) is 1. The number of fused-ring (bicyclic) bond motifs is 2. The number of halogens is 3. The van der Waals surface area contributed by atoms with Gasteiger partial charge in [-0.3, -0.25) is 4.68 Å². The molecular weight excluding hydrogens is 361 g/mol. The quantitative estimate of drug-likeness (QED) is 0.743. The van der Waals surface area contributed by atoms with Gasteiger partial charge >= 0.3 is 6.18 Å². The third-order valence-corrected chi connectivity index (χ3v) is 5.45. The van der Waals surface area contributed by atoms with E-state index in [-0.39, 0.29) is 22.4 Å². The van der Waals surface area contributed by atoms with E-state index >= 15 is 0 Å². The number of phenolic OH excluding ortho intramolecular Hbond substituents is 1. The van der Waals surface area contributed by atoms with Crippen LogP contribution in [0.25, 0.3) is 22.4 Å². The van der Waals surface area contributed by atoms with E-state index in [9.17, 15) is 18.3 Å². The number of aryl methyl sites for hydroxylation is 1. The number of phenols is 1. The molecule has 1 N–H and O–H groups in total. The van der Waals surface area contributed by atoms with E-state index in [1.165, 1.54) is 13.1 Å². The molecule has 2 fully saturated rings. The summed E-state index contributed by atoms with van der Waals surface area (Å²) >= 11 is 0. The highest BCUT2D eigenvalue weighted by atomic mass is 19.4. The van der Waals surface area contributed by atoms with Crippen LogP contribution in [0.4, 0.5) is 13.2 Å². The van der Waals surface area contributed by atoms with Gasteiger partial charge in [0.15, 0.2) is 5.65 Å². The highest BCUT2D eigenvalue weighted by Gasteiger charge is 2.60. The van der Waals surface area contributed by atoms with E-state index in [2.05, 4.69) is 15.1 Å². The van der Waals surface area contributed by atoms with Crippen LogP contribution in [0.5, 0.6) is 5.75 Å². The highest BCUT2D eigenvalue weighted by Crippen LogP contribution is 2.54. The normalized spacial score (nSPS) is 24.4. The molecule has 1 aromatic carbocycles.